The van der Waals surface area contributed by atoms with Crippen LogP contribution in [-0.4, -0.2) is 31.8 Å². The molecule has 0 fully saturated rings. The molecule has 0 atom stereocenters. The summed E-state index contributed by atoms with van der Waals surface area (Å²) in [4.78, 5) is 27.2. The van der Waals surface area contributed by atoms with Gasteiger partial charge in [0.1, 0.15) is 10.4 Å². The number of aromatic amines is 1. The van der Waals surface area contributed by atoms with E-state index in [-0.39, 0.29) is 26.4 Å². The first kappa shape index (κ1) is 23.0. The Balaban J connectivity index is 1.61. The molecule has 2 amide bonds. The van der Waals surface area contributed by atoms with Gasteiger partial charge in [-0.2, -0.15) is 0 Å². The average Bonchev–Trinajstić information content (AvgIpc) is 2.78. The summed E-state index contributed by atoms with van der Waals surface area (Å²) in [6, 6.07) is 14.9. The molecule has 4 N–H and O–H groups in total. The Kier molecular flexibility index (Phi) is 7.23. The standard InChI is InChI=1S/C21H20N4O5S2/c1-2-30-16-9-11-17(12-10-16)32(28,29)25-15-7-5-14(6-8-15)19(26)23-24-20(27)18-4-3-13-22-21(18)31/h3-13,25H,2H2,1H3,(H,22,31)(H,23,26)(H,24,27). The lowest BCUT2D eigenvalue weighted by Gasteiger charge is -2.10. The van der Waals surface area contributed by atoms with E-state index >= 15 is 0 Å². The third-order valence-electron chi connectivity index (χ3n) is 4.20. The van der Waals surface area contributed by atoms with Gasteiger partial charge >= 0.3 is 0 Å². The summed E-state index contributed by atoms with van der Waals surface area (Å²) >= 11 is 5.02. The molecule has 3 aromatic rings. The molecule has 0 aliphatic heterocycles. The molecule has 32 heavy (non-hydrogen) atoms. The van der Waals surface area contributed by atoms with E-state index in [4.69, 9.17) is 17.0 Å². The number of carbonyl (C=O) groups is 2. The predicted octanol–water partition coefficient (Wildman–Crippen LogP) is 3.02. The molecular formula is C21H20N4O5S2. The lowest BCUT2D eigenvalue weighted by Crippen LogP contribution is -2.41. The summed E-state index contributed by atoms with van der Waals surface area (Å²) < 4.78 is 33.1. The summed E-state index contributed by atoms with van der Waals surface area (Å²) in [7, 11) is -3.81. The van der Waals surface area contributed by atoms with E-state index in [0.717, 1.165) is 0 Å². The topological polar surface area (TPSA) is 129 Å². The Morgan fingerprint density at radius 1 is 0.969 bits per heavy atom. The van der Waals surface area contributed by atoms with Crippen molar-refractivity contribution in [1.29, 1.82) is 0 Å². The number of anilines is 1. The Hall–Kier alpha value is -3.70. The molecule has 166 valence electrons. The van der Waals surface area contributed by atoms with Crippen molar-refractivity contribution in [2.75, 3.05) is 11.3 Å². The van der Waals surface area contributed by atoms with E-state index in [9.17, 15) is 18.0 Å². The van der Waals surface area contributed by atoms with Gasteiger partial charge in [-0.1, -0.05) is 12.2 Å². The minimum atomic E-state index is -3.81. The SMILES string of the molecule is CCOc1ccc(S(=O)(=O)Nc2ccc(C(=O)NNC(=O)c3ccc[nH]c3=S)cc2)cc1. The fraction of sp³-hybridized carbons (Fsp3) is 0.0952. The number of H-pyrrole nitrogens is 1. The number of benzene rings is 2. The third kappa shape index (κ3) is 5.71. The number of amides is 2. The monoisotopic (exact) mass is 472 g/mol. The van der Waals surface area contributed by atoms with Crippen molar-refractivity contribution in [1.82, 2.24) is 15.8 Å². The maximum atomic E-state index is 12.5. The highest BCUT2D eigenvalue weighted by atomic mass is 32.2. The zero-order valence-corrected chi connectivity index (χ0v) is 18.5. The molecule has 9 nitrogen and oxygen atoms in total. The molecule has 1 heterocycles. The average molecular weight is 473 g/mol. The minimum absolute atomic E-state index is 0.0738. The largest absolute Gasteiger partial charge is 0.494 e. The van der Waals surface area contributed by atoms with Crippen LogP contribution < -0.4 is 20.3 Å². The molecule has 3 rings (SSSR count). The molecule has 2 aromatic carbocycles. The van der Waals surface area contributed by atoms with Gasteiger partial charge in [-0.15, -0.1) is 0 Å². The van der Waals surface area contributed by atoms with E-state index in [1.807, 2.05) is 6.92 Å². The van der Waals surface area contributed by atoms with Crippen molar-refractivity contribution in [2.45, 2.75) is 11.8 Å². The van der Waals surface area contributed by atoms with Crippen molar-refractivity contribution < 1.29 is 22.7 Å². The molecule has 0 saturated carbocycles. The van der Waals surface area contributed by atoms with Crippen molar-refractivity contribution >= 4 is 39.7 Å². The van der Waals surface area contributed by atoms with Crippen LogP contribution >= 0.6 is 12.2 Å². The molecule has 0 unspecified atom stereocenters. The fourth-order valence-corrected chi connectivity index (χ4v) is 3.93. The first-order valence-electron chi connectivity index (χ1n) is 9.44. The number of sulfonamides is 1. The van der Waals surface area contributed by atoms with Gasteiger partial charge in [-0.3, -0.25) is 25.2 Å². The Bertz CT molecular complexity index is 1270. The van der Waals surface area contributed by atoms with Crippen LogP contribution in [0.15, 0.2) is 71.8 Å². The Morgan fingerprint density at radius 2 is 1.62 bits per heavy atom. The maximum absolute atomic E-state index is 12.5. The van der Waals surface area contributed by atoms with Gasteiger partial charge in [0.25, 0.3) is 21.8 Å². The van der Waals surface area contributed by atoms with Crippen LogP contribution in [0.25, 0.3) is 0 Å². The summed E-state index contributed by atoms with van der Waals surface area (Å²) in [5, 5.41) is 0. The van der Waals surface area contributed by atoms with E-state index in [0.29, 0.717) is 12.4 Å². The molecule has 0 aliphatic carbocycles. The molecule has 0 radical (unpaired) electrons. The molecule has 0 bridgehead atoms. The number of carbonyl (C=O) groups excluding carboxylic acids is 2. The summed E-state index contributed by atoms with van der Waals surface area (Å²) in [5.74, 6) is -0.576. The lowest BCUT2D eigenvalue weighted by molar-refractivity contribution is 0.0846. The molecular weight excluding hydrogens is 452 g/mol. The highest BCUT2D eigenvalue weighted by molar-refractivity contribution is 7.92. The molecule has 0 saturated heterocycles. The number of aromatic nitrogens is 1. The predicted molar refractivity (Wildman–Crippen MR) is 121 cm³/mol. The number of ether oxygens (including phenoxy) is 1. The number of rotatable bonds is 7. The highest BCUT2D eigenvalue weighted by Crippen LogP contribution is 2.19. The van der Waals surface area contributed by atoms with Crippen molar-refractivity contribution in [3.63, 3.8) is 0 Å². The maximum Gasteiger partial charge on any atom is 0.272 e. The number of hydrogen-bond acceptors (Lipinski definition) is 6. The van der Waals surface area contributed by atoms with Crippen LogP contribution in [0.1, 0.15) is 27.6 Å². The highest BCUT2D eigenvalue weighted by Gasteiger charge is 2.15. The van der Waals surface area contributed by atoms with Crippen LogP contribution in [0.2, 0.25) is 0 Å². The van der Waals surface area contributed by atoms with Gasteiger partial charge in [0.05, 0.1) is 17.1 Å². The summed E-state index contributed by atoms with van der Waals surface area (Å²) in [6.45, 7) is 2.32. The molecule has 1 aromatic heterocycles. The first-order valence-corrected chi connectivity index (χ1v) is 11.3. The third-order valence-corrected chi connectivity index (χ3v) is 5.93. The van der Waals surface area contributed by atoms with Gasteiger partial charge in [0, 0.05) is 17.4 Å². The molecule has 0 spiro atoms. The Labute approximate surface area is 189 Å². The summed E-state index contributed by atoms with van der Waals surface area (Å²) in [5.41, 5.74) is 5.26. The van der Waals surface area contributed by atoms with E-state index in [1.54, 1.807) is 24.4 Å². The lowest BCUT2D eigenvalue weighted by atomic mass is 10.2. The molecule has 11 heteroatoms. The second-order valence-corrected chi connectivity index (χ2v) is 8.50. The van der Waals surface area contributed by atoms with Gasteiger partial charge in [0.2, 0.25) is 0 Å². The van der Waals surface area contributed by atoms with Crippen molar-refractivity contribution in [3.8, 4) is 5.75 Å². The first-order chi connectivity index (χ1) is 15.3. The second-order valence-electron chi connectivity index (χ2n) is 6.41. The second kappa shape index (κ2) is 10.1. The van der Waals surface area contributed by atoms with Crippen LogP contribution in [0.5, 0.6) is 5.75 Å². The number of pyridine rings is 1. The fourth-order valence-electron chi connectivity index (χ4n) is 2.64. The number of hydrazine groups is 1. The van der Waals surface area contributed by atoms with Gasteiger partial charge < -0.3 is 9.72 Å². The van der Waals surface area contributed by atoms with Crippen molar-refractivity contribution in [3.05, 3.63) is 82.6 Å². The quantitative estimate of drug-likeness (QED) is 0.309. The number of hydrogen-bond donors (Lipinski definition) is 4. The van der Waals surface area contributed by atoms with E-state index in [1.165, 1.54) is 42.5 Å². The molecule has 0 aliphatic rings. The number of nitrogens with one attached hydrogen (secondary N) is 4. The zero-order valence-electron chi connectivity index (χ0n) is 16.9. The Morgan fingerprint density at radius 3 is 2.25 bits per heavy atom. The van der Waals surface area contributed by atoms with Gasteiger partial charge in [0.15, 0.2) is 0 Å². The van der Waals surface area contributed by atoms with Crippen LogP contribution in [0, 0.1) is 4.64 Å². The van der Waals surface area contributed by atoms with Gasteiger partial charge in [-0.25, -0.2) is 8.42 Å². The smallest absolute Gasteiger partial charge is 0.272 e. The van der Waals surface area contributed by atoms with Crippen LogP contribution in [-0.2, 0) is 10.0 Å². The van der Waals surface area contributed by atoms with E-state index in [2.05, 4.69) is 20.6 Å². The zero-order chi connectivity index (χ0) is 23.1. The van der Waals surface area contributed by atoms with Crippen molar-refractivity contribution in [2.24, 2.45) is 0 Å². The van der Waals surface area contributed by atoms with Crippen LogP contribution in [0.3, 0.4) is 0 Å². The minimum Gasteiger partial charge on any atom is -0.494 e. The summed E-state index contributed by atoms with van der Waals surface area (Å²) in [6.07, 6.45) is 1.59. The normalized spacial score (nSPS) is 10.8. The van der Waals surface area contributed by atoms with E-state index < -0.39 is 21.8 Å². The van der Waals surface area contributed by atoms with Gasteiger partial charge in [-0.05, 0) is 67.6 Å². The van der Waals surface area contributed by atoms with Crippen LogP contribution in [0.4, 0.5) is 5.69 Å².